The molecule has 118 valence electrons. The predicted molar refractivity (Wildman–Crippen MR) is 86.5 cm³/mol. The van der Waals surface area contributed by atoms with Crippen LogP contribution in [-0.2, 0) is 10.0 Å². The summed E-state index contributed by atoms with van der Waals surface area (Å²) in [7, 11) is -2.24. The molecule has 0 radical (unpaired) electrons. The van der Waals surface area contributed by atoms with Crippen LogP contribution in [0.2, 0.25) is 0 Å². The molecule has 0 fully saturated rings. The average molecular weight is 330 g/mol. The molecule has 2 aromatic heterocycles. The number of pyridine rings is 1. The maximum Gasteiger partial charge on any atom is 0.272 e. The van der Waals surface area contributed by atoms with Crippen LogP contribution in [0.5, 0.6) is 0 Å². The SMILES string of the molecule is CN(CCC#N)S(=O)(=O)c1ccc2[nH]c(=O)c3[nH]ccc3c2c1. The molecule has 0 aliphatic carbocycles. The zero-order chi connectivity index (χ0) is 16.6. The fourth-order valence-corrected chi connectivity index (χ4v) is 3.69. The average Bonchev–Trinajstić information content (AvgIpc) is 3.02. The lowest BCUT2D eigenvalue weighted by molar-refractivity contribution is 0.476. The lowest BCUT2D eigenvalue weighted by Gasteiger charge is -2.16. The Bertz CT molecular complexity index is 1090. The van der Waals surface area contributed by atoms with E-state index < -0.39 is 10.0 Å². The number of nitrogens with one attached hydrogen (secondary N) is 2. The summed E-state index contributed by atoms with van der Waals surface area (Å²) in [4.78, 5) is 17.6. The summed E-state index contributed by atoms with van der Waals surface area (Å²) in [6.45, 7) is 0.127. The Morgan fingerprint density at radius 2 is 2.04 bits per heavy atom. The van der Waals surface area contributed by atoms with E-state index in [-0.39, 0.29) is 23.4 Å². The topological polar surface area (TPSA) is 110 Å². The first-order valence-corrected chi connectivity index (χ1v) is 8.35. The summed E-state index contributed by atoms with van der Waals surface area (Å²) < 4.78 is 26.3. The van der Waals surface area contributed by atoms with Gasteiger partial charge in [0.2, 0.25) is 10.0 Å². The van der Waals surface area contributed by atoms with E-state index in [1.807, 2.05) is 6.07 Å². The predicted octanol–water partition coefficient (Wildman–Crippen LogP) is 1.54. The van der Waals surface area contributed by atoms with Crippen LogP contribution in [0.15, 0.2) is 40.2 Å². The van der Waals surface area contributed by atoms with Gasteiger partial charge in [-0.2, -0.15) is 9.57 Å². The molecule has 0 unspecified atom stereocenters. The summed E-state index contributed by atoms with van der Waals surface area (Å²) in [5, 5.41) is 9.92. The van der Waals surface area contributed by atoms with E-state index >= 15 is 0 Å². The minimum atomic E-state index is -3.68. The van der Waals surface area contributed by atoms with Gasteiger partial charge in [-0.05, 0) is 24.3 Å². The zero-order valence-corrected chi connectivity index (χ0v) is 13.1. The van der Waals surface area contributed by atoms with Gasteiger partial charge in [-0.3, -0.25) is 4.79 Å². The number of rotatable bonds is 4. The Balaban J connectivity index is 2.19. The van der Waals surface area contributed by atoms with Gasteiger partial charge in [0, 0.05) is 42.5 Å². The van der Waals surface area contributed by atoms with Crippen LogP contribution in [0, 0.1) is 11.3 Å². The summed E-state index contributed by atoms with van der Waals surface area (Å²) in [6, 6.07) is 8.24. The molecule has 0 saturated heterocycles. The van der Waals surface area contributed by atoms with Crippen LogP contribution in [0.25, 0.3) is 21.8 Å². The van der Waals surface area contributed by atoms with Gasteiger partial charge in [-0.1, -0.05) is 0 Å². The molecular weight excluding hydrogens is 316 g/mol. The zero-order valence-electron chi connectivity index (χ0n) is 12.3. The molecule has 1 aromatic carbocycles. The van der Waals surface area contributed by atoms with Gasteiger partial charge in [0.15, 0.2) is 0 Å². The highest BCUT2D eigenvalue weighted by Crippen LogP contribution is 2.25. The van der Waals surface area contributed by atoms with Crippen LogP contribution in [-0.4, -0.2) is 36.3 Å². The number of aromatic nitrogens is 2. The minimum absolute atomic E-state index is 0.124. The molecule has 8 heteroatoms. The molecule has 23 heavy (non-hydrogen) atoms. The number of aromatic amines is 2. The summed E-state index contributed by atoms with van der Waals surface area (Å²) >= 11 is 0. The van der Waals surface area contributed by atoms with Crippen LogP contribution in [0.3, 0.4) is 0 Å². The smallest absolute Gasteiger partial charge is 0.272 e. The van der Waals surface area contributed by atoms with Crippen molar-refractivity contribution in [1.29, 1.82) is 5.26 Å². The van der Waals surface area contributed by atoms with Gasteiger partial charge in [-0.25, -0.2) is 8.42 Å². The third kappa shape index (κ3) is 2.50. The number of H-pyrrole nitrogens is 2. The van der Waals surface area contributed by atoms with E-state index in [1.165, 1.54) is 13.1 Å². The fraction of sp³-hybridized carbons (Fsp3) is 0.200. The molecule has 0 aliphatic rings. The Hall–Kier alpha value is -2.63. The van der Waals surface area contributed by atoms with E-state index in [2.05, 4.69) is 9.97 Å². The number of sulfonamides is 1. The normalized spacial score (nSPS) is 12.0. The number of hydrogen-bond donors (Lipinski definition) is 2. The molecule has 0 amide bonds. The van der Waals surface area contributed by atoms with Crippen molar-refractivity contribution < 1.29 is 8.42 Å². The Morgan fingerprint density at radius 3 is 2.78 bits per heavy atom. The van der Waals surface area contributed by atoms with Gasteiger partial charge < -0.3 is 9.97 Å². The van der Waals surface area contributed by atoms with Crippen molar-refractivity contribution in [3.63, 3.8) is 0 Å². The highest BCUT2D eigenvalue weighted by molar-refractivity contribution is 7.89. The second-order valence-corrected chi connectivity index (χ2v) is 7.21. The number of fused-ring (bicyclic) bond motifs is 3. The standard InChI is InChI=1S/C15H14N4O3S/c1-19(8-2-6-16)23(21,22)10-3-4-13-12(9-10)11-5-7-17-14(11)15(20)18-13/h3-5,7,9,17H,2,8H2,1H3,(H,18,20). The van der Waals surface area contributed by atoms with Crippen molar-refractivity contribution in [1.82, 2.24) is 14.3 Å². The quantitative estimate of drug-likeness (QED) is 0.756. The van der Waals surface area contributed by atoms with Gasteiger partial charge >= 0.3 is 0 Å². The molecule has 0 bridgehead atoms. The van der Waals surface area contributed by atoms with Crippen LogP contribution in [0.4, 0.5) is 0 Å². The first-order chi connectivity index (χ1) is 10.9. The molecule has 0 saturated carbocycles. The highest BCUT2D eigenvalue weighted by atomic mass is 32.2. The maximum atomic E-state index is 12.6. The summed E-state index contributed by atoms with van der Waals surface area (Å²) in [6.07, 6.45) is 1.76. The molecule has 0 aliphatic heterocycles. The molecule has 2 N–H and O–H groups in total. The third-order valence-corrected chi connectivity index (χ3v) is 5.60. The molecule has 3 rings (SSSR count). The van der Waals surface area contributed by atoms with Gasteiger partial charge in [0.25, 0.3) is 5.56 Å². The van der Waals surface area contributed by atoms with Crippen molar-refractivity contribution in [3.05, 3.63) is 40.8 Å². The lowest BCUT2D eigenvalue weighted by atomic mass is 10.1. The van der Waals surface area contributed by atoms with Gasteiger partial charge in [0.05, 0.1) is 11.0 Å². The molecule has 0 spiro atoms. The van der Waals surface area contributed by atoms with Crippen molar-refractivity contribution in [3.8, 4) is 6.07 Å². The number of nitriles is 1. The molecule has 0 atom stereocenters. The highest BCUT2D eigenvalue weighted by Gasteiger charge is 2.21. The first kappa shape index (κ1) is 15.3. The van der Waals surface area contributed by atoms with Crippen LogP contribution < -0.4 is 5.56 Å². The second-order valence-electron chi connectivity index (χ2n) is 5.16. The molecule has 2 heterocycles. The lowest BCUT2D eigenvalue weighted by Crippen LogP contribution is -2.27. The molecular formula is C15H14N4O3S. The minimum Gasteiger partial charge on any atom is -0.357 e. The van der Waals surface area contributed by atoms with Gasteiger partial charge in [-0.15, -0.1) is 0 Å². The summed E-state index contributed by atoms with van der Waals surface area (Å²) in [5.41, 5.74) is 0.727. The summed E-state index contributed by atoms with van der Waals surface area (Å²) in [5.74, 6) is 0. The first-order valence-electron chi connectivity index (χ1n) is 6.91. The van der Waals surface area contributed by atoms with Crippen molar-refractivity contribution in [2.24, 2.45) is 0 Å². The molecule has 3 aromatic rings. The fourth-order valence-electron chi connectivity index (χ4n) is 2.49. The Kier molecular flexibility index (Phi) is 3.67. The van der Waals surface area contributed by atoms with E-state index in [0.717, 1.165) is 4.31 Å². The van der Waals surface area contributed by atoms with E-state index in [4.69, 9.17) is 5.26 Å². The van der Waals surface area contributed by atoms with Crippen molar-refractivity contribution in [2.75, 3.05) is 13.6 Å². The van der Waals surface area contributed by atoms with Crippen molar-refractivity contribution in [2.45, 2.75) is 11.3 Å². The number of nitrogens with zero attached hydrogens (tertiary/aromatic N) is 2. The largest absolute Gasteiger partial charge is 0.357 e. The van der Waals surface area contributed by atoms with Crippen LogP contribution in [0.1, 0.15) is 6.42 Å². The van der Waals surface area contributed by atoms with E-state index in [1.54, 1.807) is 24.4 Å². The maximum absolute atomic E-state index is 12.6. The number of hydrogen-bond acceptors (Lipinski definition) is 4. The van der Waals surface area contributed by atoms with Gasteiger partial charge in [0.1, 0.15) is 5.52 Å². The Labute approximate surface area is 132 Å². The van der Waals surface area contributed by atoms with E-state index in [9.17, 15) is 13.2 Å². The van der Waals surface area contributed by atoms with Crippen molar-refractivity contribution >= 4 is 31.8 Å². The monoisotopic (exact) mass is 330 g/mol. The molecule has 7 nitrogen and oxygen atoms in total. The Morgan fingerprint density at radius 1 is 1.26 bits per heavy atom. The number of benzene rings is 1. The second kappa shape index (κ2) is 5.53. The van der Waals surface area contributed by atoms with Crippen LogP contribution >= 0.6 is 0 Å². The van der Waals surface area contributed by atoms with E-state index in [0.29, 0.717) is 21.8 Å². The third-order valence-electron chi connectivity index (χ3n) is 3.75.